The summed E-state index contributed by atoms with van der Waals surface area (Å²) < 4.78 is 0. The highest BCUT2D eigenvalue weighted by Gasteiger charge is 2.50. The van der Waals surface area contributed by atoms with Crippen molar-refractivity contribution < 1.29 is 0 Å². The average Bonchev–Trinajstić information content (AvgIpc) is 3.51. The fourth-order valence-corrected chi connectivity index (χ4v) is 7.05. The van der Waals surface area contributed by atoms with Crippen molar-refractivity contribution in [2.24, 2.45) is 0 Å². The molecule has 0 fully saturated rings. The van der Waals surface area contributed by atoms with Crippen molar-refractivity contribution in [3.8, 4) is 11.1 Å². The number of hydrogen-bond acceptors (Lipinski definition) is 0. The fourth-order valence-electron chi connectivity index (χ4n) is 7.05. The lowest BCUT2D eigenvalue weighted by Crippen LogP contribution is -2.37. The molecule has 0 aliphatic heterocycles. The molecular weight excluding hydrogens is 480 g/mol. The Morgan fingerprint density at radius 3 is 1.35 bits per heavy atom. The van der Waals surface area contributed by atoms with Gasteiger partial charge in [-0.05, 0) is 68.7 Å². The van der Waals surface area contributed by atoms with Gasteiger partial charge in [-0.25, -0.2) is 0 Å². The molecule has 0 bridgehead atoms. The van der Waals surface area contributed by atoms with E-state index in [2.05, 4.69) is 158 Å². The Morgan fingerprint density at radius 2 is 0.975 bits per heavy atom. The summed E-state index contributed by atoms with van der Waals surface area (Å²) in [6.07, 6.45) is 5.75. The first kappa shape index (κ1) is 26.6. The first-order valence-corrected chi connectivity index (χ1v) is 14.8. The van der Waals surface area contributed by atoms with Gasteiger partial charge in [-0.1, -0.05) is 162 Å². The lowest BCUT2D eigenvalue weighted by Gasteiger charge is -2.44. The maximum Gasteiger partial charge on any atom is 0.0526 e. The molecule has 40 heavy (non-hydrogen) atoms. The van der Waals surface area contributed by atoms with Gasteiger partial charge in [-0.15, -0.1) is 0 Å². The van der Waals surface area contributed by atoms with Gasteiger partial charge in [0.05, 0.1) is 5.41 Å². The smallest absolute Gasteiger partial charge is 0.0526 e. The third kappa shape index (κ3) is 4.21. The molecule has 0 heteroatoms. The van der Waals surface area contributed by atoms with Gasteiger partial charge in [-0.2, -0.15) is 0 Å². The minimum atomic E-state index is -0.343. The van der Waals surface area contributed by atoms with Crippen LogP contribution in [0.15, 0.2) is 120 Å². The Morgan fingerprint density at radius 1 is 0.525 bits per heavy atom. The first-order chi connectivity index (χ1) is 19.0. The number of hydrogen-bond donors (Lipinski definition) is 0. The van der Waals surface area contributed by atoms with E-state index in [1.165, 1.54) is 55.7 Å². The molecule has 0 amide bonds. The molecule has 6 rings (SSSR count). The van der Waals surface area contributed by atoms with E-state index in [0.29, 0.717) is 0 Å². The van der Waals surface area contributed by atoms with Crippen LogP contribution in [-0.4, -0.2) is 0 Å². The van der Waals surface area contributed by atoms with Gasteiger partial charge in [0, 0.05) is 5.92 Å². The highest BCUT2D eigenvalue weighted by molar-refractivity contribution is 5.82. The lowest BCUT2D eigenvalue weighted by molar-refractivity contribution is 0.520. The molecule has 0 atom stereocenters. The normalized spacial score (nSPS) is 15.5. The molecule has 4 aromatic carbocycles. The van der Waals surface area contributed by atoms with Crippen molar-refractivity contribution in [2.45, 2.75) is 77.0 Å². The van der Waals surface area contributed by atoms with E-state index < -0.39 is 0 Å². The number of allylic oxidation sites excluding steroid dienone is 4. The Bertz CT molecular complexity index is 1510. The van der Waals surface area contributed by atoms with Crippen molar-refractivity contribution in [3.63, 3.8) is 0 Å². The molecule has 0 saturated heterocycles. The molecule has 0 nitrogen and oxygen atoms in total. The van der Waals surface area contributed by atoms with Crippen molar-refractivity contribution in [1.82, 2.24) is 0 Å². The van der Waals surface area contributed by atoms with Crippen LogP contribution in [0.1, 0.15) is 94.2 Å². The molecule has 2 aliphatic rings. The van der Waals surface area contributed by atoms with Gasteiger partial charge >= 0.3 is 0 Å². The van der Waals surface area contributed by atoms with E-state index in [4.69, 9.17) is 0 Å². The van der Waals surface area contributed by atoms with E-state index in [0.717, 1.165) is 6.42 Å². The van der Waals surface area contributed by atoms with Crippen LogP contribution in [0, 0.1) is 0 Å². The number of benzene rings is 4. The second-order valence-corrected chi connectivity index (χ2v) is 14.0. The van der Waals surface area contributed by atoms with Crippen LogP contribution in [0.25, 0.3) is 11.1 Å². The van der Waals surface area contributed by atoms with Gasteiger partial charge in [-0.3, -0.25) is 0 Å². The van der Waals surface area contributed by atoms with Gasteiger partial charge in [0.2, 0.25) is 0 Å². The molecule has 2 aliphatic carbocycles. The zero-order chi connectivity index (χ0) is 28.3. The summed E-state index contributed by atoms with van der Waals surface area (Å²) in [4.78, 5) is 0. The van der Waals surface area contributed by atoms with Crippen LogP contribution in [0.3, 0.4) is 0 Å². The van der Waals surface area contributed by atoms with Crippen molar-refractivity contribution in [3.05, 3.63) is 154 Å². The molecule has 4 aromatic rings. The summed E-state index contributed by atoms with van der Waals surface area (Å²) in [6.45, 7) is 16.3. The molecule has 0 N–H and O–H groups in total. The maximum absolute atomic E-state index is 2.53. The second-order valence-electron chi connectivity index (χ2n) is 14.0. The zero-order valence-corrected chi connectivity index (χ0v) is 25.2. The van der Waals surface area contributed by atoms with Gasteiger partial charge in [0.25, 0.3) is 0 Å². The summed E-state index contributed by atoms with van der Waals surface area (Å²) in [5, 5.41) is 0. The fraction of sp³-hybridized carbons (Fsp3) is 0.300. The third-order valence-corrected chi connectivity index (χ3v) is 9.18. The van der Waals surface area contributed by atoms with E-state index in [1.54, 1.807) is 0 Å². The van der Waals surface area contributed by atoms with Crippen LogP contribution in [0.5, 0.6) is 0 Å². The predicted octanol–water partition coefficient (Wildman–Crippen LogP) is 10.7. The van der Waals surface area contributed by atoms with Crippen molar-refractivity contribution in [2.75, 3.05) is 0 Å². The monoisotopic (exact) mass is 522 g/mol. The highest BCUT2D eigenvalue weighted by Crippen LogP contribution is 2.61. The topological polar surface area (TPSA) is 0 Å². The van der Waals surface area contributed by atoms with Crippen molar-refractivity contribution >= 4 is 0 Å². The van der Waals surface area contributed by atoms with E-state index in [9.17, 15) is 0 Å². The highest BCUT2D eigenvalue weighted by atomic mass is 14.5. The molecule has 0 saturated carbocycles. The van der Waals surface area contributed by atoms with E-state index >= 15 is 0 Å². The summed E-state index contributed by atoms with van der Waals surface area (Å²) in [5.41, 5.74) is 13.9. The van der Waals surface area contributed by atoms with Gasteiger partial charge in [0.15, 0.2) is 0 Å². The molecule has 0 heterocycles. The lowest BCUT2D eigenvalue weighted by atomic mass is 9.58. The molecule has 0 radical (unpaired) electrons. The molecular formula is C40H42. The maximum atomic E-state index is 2.53. The Hall–Kier alpha value is -3.64. The SMILES string of the molecule is CC1=CC=C(C(c2ccccc2)(c2ccccc2)C2c3cc(C(C)(C)C)ccc3-c3ccc(C(C)(C)C)cc32)C1. The van der Waals surface area contributed by atoms with Gasteiger partial charge < -0.3 is 0 Å². The Labute approximate surface area is 241 Å². The molecule has 0 spiro atoms. The summed E-state index contributed by atoms with van der Waals surface area (Å²) in [6, 6.07) is 37.2. The Balaban J connectivity index is 1.77. The molecule has 202 valence electrons. The minimum Gasteiger partial charge on any atom is -0.0692 e. The minimum absolute atomic E-state index is 0.0673. The summed E-state index contributed by atoms with van der Waals surface area (Å²) in [7, 11) is 0. The standard InChI is InChI=1S/C40H42/c1-27-18-19-32(24-27)40(28-14-10-8-11-15-28,29-16-12-9-13-17-29)37-35-25-30(38(2,3)4)20-22-33(35)34-23-21-31(26-36(34)37)39(5,6)7/h8-23,25-26,37H,24H2,1-7H3. The van der Waals surface area contributed by atoms with E-state index in [1.807, 2.05) is 0 Å². The van der Waals surface area contributed by atoms with Crippen LogP contribution in [-0.2, 0) is 16.2 Å². The summed E-state index contributed by atoms with van der Waals surface area (Å²) in [5.74, 6) is 0.150. The average molecular weight is 523 g/mol. The quantitative estimate of drug-likeness (QED) is 0.250. The molecule has 0 unspecified atom stereocenters. The number of rotatable bonds is 4. The van der Waals surface area contributed by atoms with Crippen LogP contribution >= 0.6 is 0 Å². The predicted molar refractivity (Wildman–Crippen MR) is 171 cm³/mol. The second kappa shape index (κ2) is 9.48. The van der Waals surface area contributed by atoms with E-state index in [-0.39, 0.29) is 22.2 Å². The largest absolute Gasteiger partial charge is 0.0692 e. The summed E-state index contributed by atoms with van der Waals surface area (Å²) >= 11 is 0. The zero-order valence-electron chi connectivity index (χ0n) is 25.2. The van der Waals surface area contributed by atoms with Crippen LogP contribution < -0.4 is 0 Å². The molecule has 0 aromatic heterocycles. The number of fused-ring (bicyclic) bond motifs is 3. The van der Waals surface area contributed by atoms with Crippen LogP contribution in [0.4, 0.5) is 0 Å². The van der Waals surface area contributed by atoms with Crippen LogP contribution in [0.2, 0.25) is 0 Å². The third-order valence-electron chi connectivity index (χ3n) is 9.18. The first-order valence-electron chi connectivity index (χ1n) is 14.8. The van der Waals surface area contributed by atoms with Gasteiger partial charge in [0.1, 0.15) is 0 Å². The van der Waals surface area contributed by atoms with Crippen molar-refractivity contribution in [1.29, 1.82) is 0 Å². The Kier molecular flexibility index (Phi) is 6.30.